The van der Waals surface area contributed by atoms with Crippen LogP contribution in [-0.2, 0) is 0 Å². The zero-order valence-corrected chi connectivity index (χ0v) is 17.5. The number of pyridine rings is 1. The second-order valence-electron chi connectivity index (χ2n) is 8.26. The Balaban J connectivity index is 1.73. The molecule has 0 bridgehead atoms. The number of benzene rings is 2. The Morgan fingerprint density at radius 3 is 2.59 bits per heavy atom. The maximum Gasteiger partial charge on any atom is 0.142 e. The molecule has 4 N–H and O–H groups in total. The van der Waals surface area contributed by atoms with Gasteiger partial charge in [-0.15, -0.1) is 0 Å². The SMILES string of the molecule is Cc1cccc2[nH]c(-c3cncc(-c4cc(F)cc(F)c4)c3N3CC[C@@H](N)[C@@H](O)C3)nc12. The number of anilines is 1. The standard InChI is InChI=1S/C24H23F2N5O/c1-13-3-2-4-20-22(13)30-24(29-20)18-11-28-10-17(14-7-15(25)9-16(26)8-14)23(18)31-6-5-19(27)21(32)12-31/h2-4,7-11,19,21,32H,5-6,12,27H2,1H3,(H,29,30)/t19-,21+/m1/s1. The van der Waals surface area contributed by atoms with Gasteiger partial charge in [0.1, 0.15) is 17.5 Å². The first kappa shape index (κ1) is 20.5. The molecule has 8 heteroatoms. The maximum absolute atomic E-state index is 14.1. The number of hydrogen-bond acceptors (Lipinski definition) is 5. The molecule has 0 unspecified atom stereocenters. The van der Waals surface area contributed by atoms with Crippen molar-refractivity contribution in [2.24, 2.45) is 5.73 Å². The number of rotatable bonds is 3. The van der Waals surface area contributed by atoms with E-state index in [1.165, 1.54) is 12.1 Å². The number of nitrogens with one attached hydrogen (secondary N) is 1. The van der Waals surface area contributed by atoms with Crippen LogP contribution < -0.4 is 10.6 Å². The van der Waals surface area contributed by atoms with Crippen LogP contribution in [0.4, 0.5) is 14.5 Å². The van der Waals surface area contributed by atoms with Gasteiger partial charge in [-0.1, -0.05) is 12.1 Å². The Labute approximate surface area is 183 Å². The molecule has 3 heterocycles. The van der Waals surface area contributed by atoms with Crippen molar-refractivity contribution in [1.29, 1.82) is 0 Å². The van der Waals surface area contributed by atoms with Gasteiger partial charge in [-0.3, -0.25) is 4.98 Å². The summed E-state index contributed by atoms with van der Waals surface area (Å²) in [5, 5.41) is 10.4. The molecule has 2 aromatic heterocycles. The molecule has 1 aliphatic rings. The minimum Gasteiger partial charge on any atom is -0.390 e. The lowest BCUT2D eigenvalue weighted by atomic mass is 9.97. The van der Waals surface area contributed by atoms with Gasteiger partial charge in [0.05, 0.1) is 28.4 Å². The second kappa shape index (κ2) is 7.96. The summed E-state index contributed by atoms with van der Waals surface area (Å²) in [4.78, 5) is 14.5. The summed E-state index contributed by atoms with van der Waals surface area (Å²) < 4.78 is 28.1. The van der Waals surface area contributed by atoms with Gasteiger partial charge in [0.25, 0.3) is 0 Å². The van der Waals surface area contributed by atoms with Gasteiger partial charge in [0.2, 0.25) is 0 Å². The quantitative estimate of drug-likeness (QED) is 0.456. The molecule has 0 radical (unpaired) electrons. The highest BCUT2D eigenvalue weighted by Crippen LogP contribution is 2.40. The molecule has 0 amide bonds. The van der Waals surface area contributed by atoms with Crippen LogP contribution in [0.3, 0.4) is 0 Å². The van der Waals surface area contributed by atoms with Crippen molar-refractivity contribution >= 4 is 16.7 Å². The summed E-state index contributed by atoms with van der Waals surface area (Å²) in [5.41, 5.74) is 11.1. The molecule has 2 atom stereocenters. The summed E-state index contributed by atoms with van der Waals surface area (Å²) in [7, 11) is 0. The van der Waals surface area contributed by atoms with Crippen molar-refractivity contribution < 1.29 is 13.9 Å². The Morgan fingerprint density at radius 2 is 1.88 bits per heavy atom. The van der Waals surface area contributed by atoms with Gasteiger partial charge in [-0.25, -0.2) is 13.8 Å². The molecule has 164 valence electrons. The third-order valence-electron chi connectivity index (χ3n) is 6.01. The van der Waals surface area contributed by atoms with E-state index in [2.05, 4.69) is 9.97 Å². The predicted molar refractivity (Wildman–Crippen MR) is 120 cm³/mol. The zero-order chi connectivity index (χ0) is 22.4. The van der Waals surface area contributed by atoms with Crippen molar-refractivity contribution in [3.8, 4) is 22.5 Å². The number of halogens is 2. The van der Waals surface area contributed by atoms with E-state index in [-0.39, 0.29) is 6.04 Å². The van der Waals surface area contributed by atoms with Crippen molar-refractivity contribution in [3.05, 3.63) is 66.0 Å². The molecule has 1 saturated heterocycles. The molecule has 5 rings (SSSR count). The van der Waals surface area contributed by atoms with E-state index >= 15 is 0 Å². The number of aliphatic hydroxyl groups is 1. The van der Waals surface area contributed by atoms with Crippen molar-refractivity contribution in [1.82, 2.24) is 15.0 Å². The third-order valence-corrected chi connectivity index (χ3v) is 6.01. The van der Waals surface area contributed by atoms with E-state index in [1.807, 2.05) is 30.0 Å². The van der Waals surface area contributed by atoms with Gasteiger partial charge < -0.3 is 20.7 Å². The van der Waals surface area contributed by atoms with E-state index < -0.39 is 17.7 Å². The molecule has 0 spiro atoms. The number of piperidine rings is 1. The number of aromatic nitrogens is 3. The van der Waals surface area contributed by atoms with E-state index in [0.29, 0.717) is 47.7 Å². The lowest BCUT2D eigenvalue weighted by molar-refractivity contribution is 0.132. The largest absolute Gasteiger partial charge is 0.390 e. The number of hydrogen-bond donors (Lipinski definition) is 3. The summed E-state index contributed by atoms with van der Waals surface area (Å²) in [6.45, 7) is 2.86. The summed E-state index contributed by atoms with van der Waals surface area (Å²) in [6.07, 6.45) is 3.13. The van der Waals surface area contributed by atoms with Crippen molar-refractivity contribution in [2.45, 2.75) is 25.5 Å². The Bertz CT molecular complexity index is 1280. The molecule has 6 nitrogen and oxygen atoms in total. The first-order valence-electron chi connectivity index (χ1n) is 10.5. The van der Waals surface area contributed by atoms with Gasteiger partial charge >= 0.3 is 0 Å². The summed E-state index contributed by atoms with van der Waals surface area (Å²) in [6, 6.07) is 8.96. The Hall–Kier alpha value is -3.36. The molecular formula is C24H23F2N5O. The Kier molecular flexibility index (Phi) is 5.11. The van der Waals surface area contributed by atoms with E-state index in [0.717, 1.165) is 22.7 Å². The molecular weight excluding hydrogens is 412 g/mol. The van der Waals surface area contributed by atoms with Crippen LogP contribution in [0.2, 0.25) is 0 Å². The van der Waals surface area contributed by atoms with Crippen LogP contribution in [0.1, 0.15) is 12.0 Å². The molecule has 2 aromatic carbocycles. The van der Waals surface area contributed by atoms with Crippen LogP contribution in [0.5, 0.6) is 0 Å². The minimum atomic E-state index is -0.722. The van der Waals surface area contributed by atoms with Crippen molar-refractivity contribution in [2.75, 3.05) is 18.0 Å². The second-order valence-corrected chi connectivity index (χ2v) is 8.26. The molecule has 4 aromatic rings. The minimum absolute atomic E-state index is 0.294. The average molecular weight is 435 g/mol. The number of aliphatic hydroxyl groups excluding tert-OH is 1. The topological polar surface area (TPSA) is 91.1 Å². The number of aryl methyl sites for hydroxylation is 1. The highest BCUT2D eigenvalue weighted by Gasteiger charge is 2.29. The Morgan fingerprint density at radius 1 is 1.12 bits per heavy atom. The van der Waals surface area contributed by atoms with Crippen LogP contribution in [0.15, 0.2) is 48.8 Å². The number of para-hydroxylation sites is 1. The normalized spacial score (nSPS) is 19.0. The van der Waals surface area contributed by atoms with Gasteiger partial charge in [0.15, 0.2) is 0 Å². The van der Waals surface area contributed by atoms with Gasteiger partial charge in [0, 0.05) is 43.2 Å². The van der Waals surface area contributed by atoms with Crippen LogP contribution in [0.25, 0.3) is 33.5 Å². The number of H-pyrrole nitrogens is 1. The fourth-order valence-electron chi connectivity index (χ4n) is 4.34. The average Bonchev–Trinajstić information content (AvgIpc) is 3.20. The lowest BCUT2D eigenvalue weighted by Gasteiger charge is -2.37. The fourth-order valence-corrected chi connectivity index (χ4v) is 4.34. The van der Waals surface area contributed by atoms with Crippen LogP contribution in [-0.4, -0.2) is 45.3 Å². The molecule has 1 aliphatic heterocycles. The highest BCUT2D eigenvalue weighted by molar-refractivity contribution is 5.91. The van der Waals surface area contributed by atoms with E-state index in [1.54, 1.807) is 12.4 Å². The van der Waals surface area contributed by atoms with Crippen LogP contribution in [0, 0.1) is 18.6 Å². The number of imidazole rings is 1. The number of nitrogens with two attached hydrogens (primary N) is 1. The van der Waals surface area contributed by atoms with E-state index in [9.17, 15) is 13.9 Å². The van der Waals surface area contributed by atoms with Gasteiger partial charge in [-0.05, 0) is 42.7 Å². The van der Waals surface area contributed by atoms with Crippen molar-refractivity contribution in [3.63, 3.8) is 0 Å². The fraction of sp³-hybridized carbons (Fsp3) is 0.250. The first-order chi connectivity index (χ1) is 15.4. The number of β-amino-alcohol motifs (C(OH)–C–C–N with tert-alkyl or cyclic N) is 1. The molecule has 0 aliphatic carbocycles. The summed E-state index contributed by atoms with van der Waals surface area (Å²) in [5.74, 6) is -0.743. The smallest absolute Gasteiger partial charge is 0.142 e. The zero-order valence-electron chi connectivity index (χ0n) is 17.5. The van der Waals surface area contributed by atoms with Crippen LogP contribution >= 0.6 is 0 Å². The highest BCUT2D eigenvalue weighted by atomic mass is 19.1. The van der Waals surface area contributed by atoms with E-state index in [4.69, 9.17) is 10.7 Å². The molecule has 0 saturated carbocycles. The monoisotopic (exact) mass is 435 g/mol. The number of fused-ring (bicyclic) bond motifs is 1. The summed E-state index contributed by atoms with van der Waals surface area (Å²) >= 11 is 0. The number of nitrogens with zero attached hydrogens (tertiary/aromatic N) is 3. The first-order valence-corrected chi connectivity index (χ1v) is 10.5. The lowest BCUT2D eigenvalue weighted by Crippen LogP contribution is -2.50. The maximum atomic E-state index is 14.1. The molecule has 1 fully saturated rings. The molecule has 32 heavy (non-hydrogen) atoms. The van der Waals surface area contributed by atoms with Gasteiger partial charge in [-0.2, -0.15) is 0 Å². The third kappa shape index (κ3) is 3.61. The predicted octanol–water partition coefficient (Wildman–Crippen LogP) is 3.78. The number of aromatic amines is 1.